The second-order valence-electron chi connectivity index (χ2n) is 3.70. The smallest absolute Gasteiger partial charge is 0.248 e. The van der Waals surface area contributed by atoms with Gasteiger partial charge in [0.25, 0.3) is 0 Å². The van der Waals surface area contributed by atoms with E-state index in [1.165, 1.54) is 0 Å². The number of rotatable bonds is 8. The molecule has 2 N–H and O–H groups in total. The third-order valence-corrected chi connectivity index (χ3v) is 2.42. The van der Waals surface area contributed by atoms with Gasteiger partial charge in [-0.05, 0) is 0 Å². The Labute approximate surface area is 101 Å². The van der Waals surface area contributed by atoms with Crippen molar-refractivity contribution in [2.45, 2.75) is 26.3 Å². The van der Waals surface area contributed by atoms with Gasteiger partial charge in [0.1, 0.15) is 12.4 Å². The number of aromatic nitrogens is 2. The Morgan fingerprint density at radius 2 is 1.82 bits per heavy atom. The Hall–Kier alpha value is -0.950. The van der Waals surface area contributed by atoms with Crippen molar-refractivity contribution in [1.29, 1.82) is 0 Å². The van der Waals surface area contributed by atoms with E-state index in [-0.39, 0.29) is 25.7 Å². The van der Waals surface area contributed by atoms with Gasteiger partial charge in [-0.3, -0.25) is 0 Å². The first-order valence-corrected chi connectivity index (χ1v) is 5.72. The highest BCUT2D eigenvalue weighted by Gasteiger charge is 2.15. The highest BCUT2D eigenvalue weighted by atomic mass is 16.5. The van der Waals surface area contributed by atoms with Crippen LogP contribution in [-0.2, 0) is 9.47 Å². The molecule has 0 saturated heterocycles. The molecule has 0 aliphatic heterocycles. The van der Waals surface area contributed by atoms with Crippen molar-refractivity contribution in [1.82, 2.24) is 4.57 Å². The molecule has 1 aromatic heterocycles. The van der Waals surface area contributed by atoms with E-state index >= 15 is 0 Å². The molecule has 0 spiro atoms. The van der Waals surface area contributed by atoms with Crippen molar-refractivity contribution in [3.05, 3.63) is 18.7 Å². The zero-order valence-electron chi connectivity index (χ0n) is 10.3. The van der Waals surface area contributed by atoms with Crippen LogP contribution >= 0.6 is 0 Å². The lowest BCUT2D eigenvalue weighted by Crippen LogP contribution is -2.37. The van der Waals surface area contributed by atoms with Crippen LogP contribution in [0, 0.1) is 0 Å². The van der Waals surface area contributed by atoms with Gasteiger partial charge >= 0.3 is 0 Å². The molecule has 0 bridgehead atoms. The summed E-state index contributed by atoms with van der Waals surface area (Å²) in [7, 11) is 0. The van der Waals surface area contributed by atoms with Crippen LogP contribution in [0.15, 0.2) is 18.7 Å². The Morgan fingerprint density at radius 3 is 2.47 bits per heavy atom. The molecule has 6 nitrogen and oxygen atoms in total. The van der Waals surface area contributed by atoms with E-state index in [0.29, 0.717) is 13.2 Å². The number of aliphatic hydroxyl groups is 2. The van der Waals surface area contributed by atoms with Crippen molar-refractivity contribution < 1.29 is 24.3 Å². The van der Waals surface area contributed by atoms with Gasteiger partial charge in [0.2, 0.25) is 6.33 Å². The van der Waals surface area contributed by atoms with Crippen molar-refractivity contribution in [2.24, 2.45) is 0 Å². The fourth-order valence-electron chi connectivity index (χ4n) is 1.43. The molecule has 1 rings (SSSR count). The predicted molar refractivity (Wildman–Crippen MR) is 60.1 cm³/mol. The van der Waals surface area contributed by atoms with Gasteiger partial charge in [-0.15, -0.1) is 0 Å². The lowest BCUT2D eigenvalue weighted by molar-refractivity contribution is -0.758. The topological polar surface area (TPSA) is 67.7 Å². The van der Waals surface area contributed by atoms with E-state index < -0.39 is 0 Å². The fourth-order valence-corrected chi connectivity index (χ4v) is 1.43. The largest absolute Gasteiger partial charge is 0.394 e. The molecule has 98 valence electrons. The maximum absolute atomic E-state index is 8.67. The van der Waals surface area contributed by atoms with E-state index in [2.05, 4.69) is 0 Å². The van der Waals surface area contributed by atoms with Gasteiger partial charge in [0.05, 0.1) is 26.4 Å². The van der Waals surface area contributed by atoms with E-state index in [1.807, 2.05) is 41.7 Å². The van der Waals surface area contributed by atoms with Gasteiger partial charge in [0, 0.05) is 13.8 Å². The molecule has 0 aromatic carbocycles. The molecule has 6 heteroatoms. The molecular weight excluding hydrogens is 224 g/mol. The normalized spacial score (nSPS) is 14.8. The summed E-state index contributed by atoms with van der Waals surface area (Å²) in [6.07, 6.45) is 5.35. The van der Waals surface area contributed by atoms with E-state index in [0.717, 1.165) is 0 Å². The molecule has 1 heterocycles. The van der Waals surface area contributed by atoms with E-state index in [4.69, 9.17) is 19.7 Å². The molecule has 2 unspecified atom stereocenters. The number of hydrogen-bond acceptors (Lipinski definition) is 4. The van der Waals surface area contributed by atoms with Crippen LogP contribution in [0.3, 0.4) is 0 Å². The summed E-state index contributed by atoms with van der Waals surface area (Å²) >= 11 is 0. The van der Waals surface area contributed by atoms with Gasteiger partial charge in [0.15, 0.2) is 12.5 Å². The summed E-state index contributed by atoms with van der Waals surface area (Å²) in [6, 6.07) is 0. The summed E-state index contributed by atoms with van der Waals surface area (Å²) in [5.74, 6) is 0. The molecular formula is C11H21N2O4+. The van der Waals surface area contributed by atoms with Crippen LogP contribution in [0.4, 0.5) is 0 Å². The Kier molecular flexibility index (Phi) is 6.13. The van der Waals surface area contributed by atoms with Crippen LogP contribution < -0.4 is 4.57 Å². The second-order valence-corrected chi connectivity index (χ2v) is 3.70. The van der Waals surface area contributed by atoms with Crippen molar-refractivity contribution in [3.63, 3.8) is 0 Å². The van der Waals surface area contributed by atoms with Gasteiger partial charge < -0.3 is 19.7 Å². The highest BCUT2D eigenvalue weighted by Crippen LogP contribution is 2.06. The fraction of sp³-hybridized carbons (Fsp3) is 0.727. The molecule has 0 amide bonds. The summed E-state index contributed by atoms with van der Waals surface area (Å²) in [4.78, 5) is 0. The first-order valence-electron chi connectivity index (χ1n) is 5.72. The monoisotopic (exact) mass is 245 g/mol. The second kappa shape index (κ2) is 7.39. The maximum Gasteiger partial charge on any atom is 0.248 e. The molecule has 1 aromatic rings. The van der Waals surface area contributed by atoms with Crippen LogP contribution in [0.2, 0.25) is 0 Å². The lowest BCUT2D eigenvalue weighted by atomic mass is 10.6. The zero-order chi connectivity index (χ0) is 12.7. The van der Waals surface area contributed by atoms with Crippen molar-refractivity contribution in [3.8, 4) is 0 Å². The minimum absolute atomic E-state index is 0.0155. The quantitative estimate of drug-likeness (QED) is 0.624. The van der Waals surface area contributed by atoms with E-state index in [9.17, 15) is 0 Å². The first-order chi connectivity index (χ1) is 8.19. The summed E-state index contributed by atoms with van der Waals surface area (Å²) in [5, 5.41) is 17.3. The molecule has 2 atom stereocenters. The molecule has 0 aliphatic rings. The number of aliphatic hydroxyl groups excluding tert-OH is 2. The molecule has 0 fully saturated rings. The Bertz CT molecular complexity index is 288. The third kappa shape index (κ3) is 4.43. The average molecular weight is 245 g/mol. The summed E-state index contributed by atoms with van der Waals surface area (Å²) < 4.78 is 14.5. The standard InChI is InChI=1S/C11H21N2O4/c1-10(16-7-5-14)12-3-4-13(9-12)11(2)17-8-6-15/h3-4,9-11,14-15H,5-8H2,1-2H3/q+1. The summed E-state index contributed by atoms with van der Waals surface area (Å²) in [5.41, 5.74) is 0. The molecule has 0 aliphatic carbocycles. The van der Waals surface area contributed by atoms with Crippen LogP contribution in [0.1, 0.15) is 26.3 Å². The number of hydrogen-bond donors (Lipinski definition) is 2. The summed E-state index contributed by atoms with van der Waals surface area (Å²) in [6.45, 7) is 4.47. The van der Waals surface area contributed by atoms with Gasteiger partial charge in [-0.2, -0.15) is 0 Å². The molecule has 0 radical (unpaired) electrons. The van der Waals surface area contributed by atoms with Crippen molar-refractivity contribution >= 4 is 0 Å². The maximum atomic E-state index is 8.67. The van der Waals surface area contributed by atoms with Gasteiger partial charge in [-0.1, -0.05) is 0 Å². The average Bonchev–Trinajstić information content (AvgIpc) is 2.82. The first kappa shape index (κ1) is 14.1. The minimum Gasteiger partial charge on any atom is -0.394 e. The zero-order valence-corrected chi connectivity index (χ0v) is 10.3. The Balaban J connectivity index is 2.51. The van der Waals surface area contributed by atoms with Crippen LogP contribution in [0.25, 0.3) is 0 Å². The third-order valence-electron chi connectivity index (χ3n) is 2.42. The SMILES string of the molecule is CC(OCCO)n1cc[n+](C(C)OCCO)c1. The van der Waals surface area contributed by atoms with Crippen LogP contribution in [-0.4, -0.2) is 41.2 Å². The number of imidazole rings is 1. The predicted octanol–water partition coefficient (Wildman–Crippen LogP) is -0.170. The minimum atomic E-state index is -0.131. The van der Waals surface area contributed by atoms with E-state index in [1.54, 1.807) is 0 Å². The van der Waals surface area contributed by atoms with Gasteiger partial charge in [-0.25, -0.2) is 9.13 Å². The Morgan fingerprint density at radius 1 is 1.18 bits per heavy atom. The van der Waals surface area contributed by atoms with Crippen LogP contribution in [0.5, 0.6) is 0 Å². The molecule has 17 heavy (non-hydrogen) atoms. The highest BCUT2D eigenvalue weighted by molar-refractivity contribution is 4.68. The lowest BCUT2D eigenvalue weighted by Gasteiger charge is -2.09. The number of ether oxygens (including phenoxy) is 2. The van der Waals surface area contributed by atoms with Crippen molar-refractivity contribution in [2.75, 3.05) is 26.4 Å². The molecule has 0 saturated carbocycles. The number of nitrogens with zero attached hydrogens (tertiary/aromatic N) is 2.